The van der Waals surface area contributed by atoms with Crippen molar-refractivity contribution in [1.82, 2.24) is 10.2 Å². The van der Waals surface area contributed by atoms with Gasteiger partial charge in [-0.2, -0.15) is 0 Å². The molecule has 0 fully saturated rings. The molecule has 0 aliphatic carbocycles. The van der Waals surface area contributed by atoms with Crippen molar-refractivity contribution in [1.29, 1.82) is 0 Å². The number of carboxylic acid groups (broad SMARTS) is 1. The molecule has 0 aliphatic rings. The van der Waals surface area contributed by atoms with Crippen LogP contribution in [-0.4, -0.2) is 48.2 Å². The Morgan fingerprint density at radius 2 is 2.07 bits per heavy atom. The van der Waals surface area contributed by atoms with Gasteiger partial charge in [0.15, 0.2) is 0 Å². The molecule has 1 unspecified atom stereocenters. The highest BCUT2D eigenvalue weighted by atomic mass is 16.4. The molecule has 0 spiro atoms. The lowest BCUT2D eigenvalue weighted by atomic mass is 10.3. The van der Waals surface area contributed by atoms with Gasteiger partial charge in [-0.3, -0.25) is 0 Å². The van der Waals surface area contributed by atoms with Crippen molar-refractivity contribution in [2.75, 3.05) is 26.2 Å². The van der Waals surface area contributed by atoms with Gasteiger partial charge in [0.2, 0.25) is 0 Å². The maximum atomic E-state index is 10.2. The van der Waals surface area contributed by atoms with Gasteiger partial charge >= 0.3 is 5.97 Å². The lowest BCUT2D eigenvalue weighted by Gasteiger charge is -2.22. The summed E-state index contributed by atoms with van der Waals surface area (Å²) in [5.41, 5.74) is 0. The normalized spacial score (nSPS) is 13.6. The van der Waals surface area contributed by atoms with Crippen LogP contribution in [0.4, 0.5) is 0 Å². The second kappa shape index (κ2) is 8.44. The number of nitrogens with one attached hydrogen (secondary N) is 1. The van der Waals surface area contributed by atoms with Gasteiger partial charge < -0.3 is 15.3 Å². The maximum absolute atomic E-state index is 10.2. The van der Waals surface area contributed by atoms with Gasteiger partial charge in [-0.25, -0.2) is 4.79 Å². The first-order valence-corrected chi connectivity index (χ1v) is 5.45. The molecule has 88 valence electrons. The molecule has 4 nitrogen and oxygen atoms in total. The van der Waals surface area contributed by atoms with E-state index < -0.39 is 5.97 Å². The third kappa shape index (κ3) is 8.15. The van der Waals surface area contributed by atoms with E-state index in [0.29, 0.717) is 12.6 Å². The van der Waals surface area contributed by atoms with Crippen LogP contribution < -0.4 is 5.32 Å². The molecule has 0 bridgehead atoms. The van der Waals surface area contributed by atoms with Crippen LogP contribution in [-0.2, 0) is 4.79 Å². The monoisotopic (exact) mass is 214 g/mol. The van der Waals surface area contributed by atoms with Gasteiger partial charge in [-0.15, -0.1) is 0 Å². The summed E-state index contributed by atoms with van der Waals surface area (Å²) in [5, 5.41) is 11.6. The Morgan fingerprint density at radius 3 is 2.53 bits per heavy atom. The number of nitrogens with zero attached hydrogens (tertiary/aromatic N) is 1. The van der Waals surface area contributed by atoms with Crippen LogP contribution in [0.2, 0.25) is 0 Å². The number of carbonyl (C=O) groups is 1. The zero-order valence-corrected chi connectivity index (χ0v) is 9.86. The predicted molar refractivity (Wildman–Crippen MR) is 62.0 cm³/mol. The number of carboxylic acids is 1. The molecule has 0 amide bonds. The summed E-state index contributed by atoms with van der Waals surface area (Å²) in [6.45, 7) is 10.1. The Balaban J connectivity index is 3.64. The second-order valence-corrected chi connectivity index (χ2v) is 3.54. The highest BCUT2D eigenvalue weighted by Gasteiger charge is 2.04. The fourth-order valence-corrected chi connectivity index (χ4v) is 1.36. The summed E-state index contributed by atoms with van der Waals surface area (Å²) in [4.78, 5) is 12.5. The summed E-state index contributed by atoms with van der Waals surface area (Å²) < 4.78 is 0. The second-order valence-electron chi connectivity index (χ2n) is 3.54. The maximum Gasteiger partial charge on any atom is 0.328 e. The Hall–Kier alpha value is -0.870. The topological polar surface area (TPSA) is 52.6 Å². The molecule has 15 heavy (non-hydrogen) atoms. The quantitative estimate of drug-likeness (QED) is 0.591. The van der Waals surface area contributed by atoms with Gasteiger partial charge in [-0.1, -0.05) is 19.9 Å². The molecule has 0 aromatic rings. The van der Waals surface area contributed by atoms with Crippen LogP contribution in [0.15, 0.2) is 12.2 Å². The molecule has 0 saturated carbocycles. The van der Waals surface area contributed by atoms with E-state index in [9.17, 15) is 4.79 Å². The fraction of sp³-hybridized carbons (Fsp3) is 0.727. The lowest BCUT2D eigenvalue weighted by molar-refractivity contribution is -0.131. The molecular formula is C11H22N2O2. The fourth-order valence-electron chi connectivity index (χ4n) is 1.36. The largest absolute Gasteiger partial charge is 0.478 e. The van der Waals surface area contributed by atoms with E-state index in [4.69, 9.17) is 5.11 Å². The van der Waals surface area contributed by atoms with Gasteiger partial charge in [0.05, 0.1) is 0 Å². The zero-order chi connectivity index (χ0) is 11.7. The Kier molecular flexibility index (Phi) is 7.95. The van der Waals surface area contributed by atoms with E-state index in [2.05, 4.69) is 31.0 Å². The highest BCUT2D eigenvalue weighted by Crippen LogP contribution is 1.91. The summed E-state index contributed by atoms with van der Waals surface area (Å²) in [5.74, 6) is -0.895. The molecule has 0 rings (SSSR count). The highest BCUT2D eigenvalue weighted by molar-refractivity contribution is 5.79. The van der Waals surface area contributed by atoms with Crippen LogP contribution in [0.25, 0.3) is 0 Å². The average Bonchev–Trinajstić information content (AvgIpc) is 2.20. The summed E-state index contributed by atoms with van der Waals surface area (Å²) in [6, 6.07) is 0.378. The number of likely N-dealkylation sites (N-methyl/N-ethyl adjacent to an activating group) is 1. The SMILES string of the molecule is CCN(CC)CC(C)NC/C=C/C(=O)O. The smallest absolute Gasteiger partial charge is 0.328 e. The predicted octanol–water partition coefficient (Wildman–Crippen LogP) is 0.947. The van der Waals surface area contributed by atoms with Crippen LogP contribution in [0.1, 0.15) is 20.8 Å². The minimum absolute atomic E-state index is 0.378. The third-order valence-electron chi connectivity index (χ3n) is 2.27. The van der Waals surface area contributed by atoms with E-state index in [0.717, 1.165) is 25.7 Å². The lowest BCUT2D eigenvalue weighted by Crippen LogP contribution is -2.39. The minimum atomic E-state index is -0.895. The number of rotatable bonds is 8. The van der Waals surface area contributed by atoms with E-state index >= 15 is 0 Å². The van der Waals surface area contributed by atoms with Crippen LogP contribution >= 0.6 is 0 Å². The first-order valence-electron chi connectivity index (χ1n) is 5.45. The molecule has 1 atom stereocenters. The van der Waals surface area contributed by atoms with Gasteiger partial charge in [0.25, 0.3) is 0 Å². The zero-order valence-electron chi connectivity index (χ0n) is 9.86. The van der Waals surface area contributed by atoms with Crippen LogP contribution in [0.5, 0.6) is 0 Å². The van der Waals surface area contributed by atoms with Gasteiger partial charge in [0.1, 0.15) is 0 Å². The Labute approximate surface area is 92.0 Å². The minimum Gasteiger partial charge on any atom is -0.478 e. The molecule has 0 aromatic carbocycles. The van der Waals surface area contributed by atoms with Crippen molar-refractivity contribution in [3.8, 4) is 0 Å². The van der Waals surface area contributed by atoms with Crippen molar-refractivity contribution < 1.29 is 9.90 Å². The molecule has 2 N–H and O–H groups in total. The van der Waals surface area contributed by atoms with Crippen molar-refractivity contribution in [2.24, 2.45) is 0 Å². The van der Waals surface area contributed by atoms with Crippen molar-refractivity contribution >= 4 is 5.97 Å². The molecule has 0 heterocycles. The molecule has 0 radical (unpaired) electrons. The van der Waals surface area contributed by atoms with Crippen molar-refractivity contribution in [3.05, 3.63) is 12.2 Å². The molecule has 4 heteroatoms. The van der Waals surface area contributed by atoms with Crippen LogP contribution in [0.3, 0.4) is 0 Å². The first kappa shape index (κ1) is 14.1. The number of hydrogen-bond acceptors (Lipinski definition) is 3. The molecular weight excluding hydrogens is 192 g/mol. The Morgan fingerprint density at radius 1 is 1.47 bits per heavy atom. The van der Waals surface area contributed by atoms with E-state index in [1.807, 2.05) is 0 Å². The van der Waals surface area contributed by atoms with Gasteiger partial charge in [0, 0.05) is 25.2 Å². The van der Waals surface area contributed by atoms with E-state index in [-0.39, 0.29) is 0 Å². The number of aliphatic carboxylic acids is 1. The number of hydrogen-bond donors (Lipinski definition) is 2. The van der Waals surface area contributed by atoms with Crippen LogP contribution in [0, 0.1) is 0 Å². The summed E-state index contributed by atoms with van der Waals surface area (Å²) in [7, 11) is 0. The van der Waals surface area contributed by atoms with Crippen molar-refractivity contribution in [2.45, 2.75) is 26.8 Å². The van der Waals surface area contributed by atoms with Crippen molar-refractivity contribution in [3.63, 3.8) is 0 Å². The first-order chi connectivity index (χ1) is 7.10. The average molecular weight is 214 g/mol. The summed E-state index contributed by atoms with van der Waals surface area (Å²) in [6.07, 6.45) is 2.79. The molecule has 0 aliphatic heterocycles. The molecule has 0 aromatic heterocycles. The third-order valence-corrected chi connectivity index (χ3v) is 2.27. The van der Waals surface area contributed by atoms with E-state index in [1.165, 1.54) is 0 Å². The standard InChI is InChI=1S/C11H22N2O2/c1-4-13(5-2)9-10(3)12-8-6-7-11(14)15/h6-7,10,12H,4-5,8-9H2,1-3H3,(H,14,15)/b7-6+. The molecule has 0 saturated heterocycles. The summed E-state index contributed by atoms with van der Waals surface area (Å²) >= 11 is 0. The van der Waals surface area contributed by atoms with E-state index in [1.54, 1.807) is 6.08 Å². The van der Waals surface area contributed by atoms with Gasteiger partial charge in [-0.05, 0) is 20.0 Å². The Bertz CT molecular complexity index is 201.